The molecule has 0 bridgehead atoms. The van der Waals surface area contributed by atoms with E-state index in [1.165, 1.54) is 57.8 Å². The van der Waals surface area contributed by atoms with Gasteiger partial charge in [-0.1, -0.05) is 63.9 Å². The van der Waals surface area contributed by atoms with Gasteiger partial charge < -0.3 is 24.8 Å². The Morgan fingerprint density at radius 1 is 0.885 bits per heavy atom. The van der Waals surface area contributed by atoms with Crippen LogP contribution in [0.5, 0.6) is 0 Å². The van der Waals surface area contributed by atoms with Crippen LogP contribution in [0.2, 0.25) is 0 Å². The number of allylic oxidation sites excluding steroid dienone is 1. The monoisotopic (exact) mass is 372 g/mol. The summed E-state index contributed by atoms with van der Waals surface area (Å²) in [5, 5.41) is 29.0. The molecule has 1 saturated heterocycles. The summed E-state index contributed by atoms with van der Waals surface area (Å²) in [6, 6.07) is 0. The molecule has 26 heavy (non-hydrogen) atoms. The third-order valence-electron chi connectivity index (χ3n) is 5.12. The third-order valence-corrected chi connectivity index (χ3v) is 5.12. The van der Waals surface area contributed by atoms with Crippen molar-refractivity contribution in [2.24, 2.45) is 0 Å². The number of aliphatic hydroxyl groups is 3. The van der Waals surface area contributed by atoms with Gasteiger partial charge in [0.15, 0.2) is 0 Å². The third kappa shape index (κ3) is 10.0. The molecule has 0 aromatic heterocycles. The van der Waals surface area contributed by atoms with Gasteiger partial charge in [-0.3, -0.25) is 0 Å². The zero-order valence-electron chi connectivity index (χ0n) is 16.4. The average Bonchev–Trinajstić information content (AvgIpc) is 2.64. The van der Waals surface area contributed by atoms with Gasteiger partial charge in [0.2, 0.25) is 0 Å². The van der Waals surface area contributed by atoms with E-state index in [1.807, 2.05) is 6.08 Å². The Morgan fingerprint density at radius 3 is 1.96 bits per heavy atom. The van der Waals surface area contributed by atoms with E-state index in [0.29, 0.717) is 6.61 Å². The number of aliphatic hydroxyl groups excluding tert-OH is 3. The van der Waals surface area contributed by atoms with E-state index in [9.17, 15) is 10.2 Å². The van der Waals surface area contributed by atoms with Crippen molar-refractivity contribution in [2.45, 2.75) is 101 Å². The number of hydrogen-bond acceptors (Lipinski definition) is 5. The molecule has 154 valence electrons. The summed E-state index contributed by atoms with van der Waals surface area (Å²) in [5.74, 6) is 0. The number of unbranched alkanes of at least 4 members (excludes halogenated alkanes) is 11. The lowest BCUT2D eigenvalue weighted by atomic mass is 10.0. The SMILES string of the molecule is C=CCCCCCCCCCCCCCO[C@H]1[C@H](O)[C@@H](CO)OC[C@@H]1O. The molecule has 1 aliphatic rings. The lowest BCUT2D eigenvalue weighted by molar-refractivity contribution is -0.210. The lowest BCUT2D eigenvalue weighted by Crippen LogP contribution is -2.55. The van der Waals surface area contributed by atoms with Gasteiger partial charge in [-0.25, -0.2) is 0 Å². The molecule has 0 radical (unpaired) electrons. The summed E-state index contributed by atoms with van der Waals surface area (Å²) in [7, 11) is 0. The second-order valence-electron chi connectivity index (χ2n) is 7.41. The highest BCUT2D eigenvalue weighted by Gasteiger charge is 2.38. The fourth-order valence-electron chi connectivity index (χ4n) is 3.43. The smallest absolute Gasteiger partial charge is 0.114 e. The first-order chi connectivity index (χ1) is 12.7. The Morgan fingerprint density at radius 2 is 1.42 bits per heavy atom. The molecule has 0 amide bonds. The Kier molecular flexibility index (Phi) is 14.1. The number of hydrogen-bond donors (Lipinski definition) is 3. The van der Waals surface area contributed by atoms with Crippen molar-refractivity contribution >= 4 is 0 Å². The van der Waals surface area contributed by atoms with E-state index in [-0.39, 0.29) is 13.2 Å². The van der Waals surface area contributed by atoms with Gasteiger partial charge in [-0.2, -0.15) is 0 Å². The van der Waals surface area contributed by atoms with Gasteiger partial charge in [0.05, 0.1) is 13.2 Å². The molecule has 4 atom stereocenters. The van der Waals surface area contributed by atoms with Crippen LogP contribution in [0.4, 0.5) is 0 Å². The van der Waals surface area contributed by atoms with Crippen LogP contribution >= 0.6 is 0 Å². The standard InChI is InChI=1S/C21H40O5/c1-2-3-4-5-6-7-8-9-10-11-12-13-14-15-25-21-18(23)17-26-19(16-22)20(21)24/h2,18-24H,1,3-17H2/t18-,19+,20+,21+/m0/s1. The molecule has 0 saturated carbocycles. The molecule has 0 unspecified atom stereocenters. The van der Waals surface area contributed by atoms with Gasteiger partial charge >= 0.3 is 0 Å². The zero-order valence-corrected chi connectivity index (χ0v) is 16.4. The summed E-state index contributed by atoms with van der Waals surface area (Å²) in [4.78, 5) is 0. The van der Waals surface area contributed by atoms with Crippen LogP contribution in [0.15, 0.2) is 12.7 Å². The van der Waals surface area contributed by atoms with Gasteiger partial charge in [0, 0.05) is 6.61 Å². The fourth-order valence-corrected chi connectivity index (χ4v) is 3.43. The molecule has 0 spiro atoms. The molecule has 3 N–H and O–H groups in total. The molecular formula is C21H40O5. The van der Waals surface area contributed by atoms with Crippen molar-refractivity contribution in [3.63, 3.8) is 0 Å². The summed E-state index contributed by atoms with van der Waals surface area (Å²) < 4.78 is 10.8. The normalized spacial score (nSPS) is 26.1. The summed E-state index contributed by atoms with van der Waals surface area (Å²) in [6.07, 6.45) is 13.9. The molecule has 1 heterocycles. The highest BCUT2D eigenvalue weighted by molar-refractivity contribution is 4.87. The first-order valence-corrected chi connectivity index (χ1v) is 10.5. The first-order valence-electron chi connectivity index (χ1n) is 10.5. The predicted molar refractivity (Wildman–Crippen MR) is 104 cm³/mol. The molecule has 1 fully saturated rings. The van der Waals surface area contributed by atoms with E-state index in [1.54, 1.807) is 0 Å². The van der Waals surface area contributed by atoms with Crippen LogP contribution in [0.1, 0.15) is 77.0 Å². The Bertz CT molecular complexity index is 336. The van der Waals surface area contributed by atoms with Crippen molar-refractivity contribution in [2.75, 3.05) is 19.8 Å². The van der Waals surface area contributed by atoms with Gasteiger partial charge in [0.1, 0.15) is 24.4 Å². The molecule has 0 aliphatic carbocycles. The second-order valence-corrected chi connectivity index (χ2v) is 7.41. The van der Waals surface area contributed by atoms with Crippen molar-refractivity contribution < 1.29 is 24.8 Å². The average molecular weight is 373 g/mol. The highest BCUT2D eigenvalue weighted by atomic mass is 16.6. The molecule has 5 nitrogen and oxygen atoms in total. The molecular weight excluding hydrogens is 332 g/mol. The molecule has 1 aliphatic heterocycles. The fraction of sp³-hybridized carbons (Fsp3) is 0.905. The minimum Gasteiger partial charge on any atom is -0.394 e. The van der Waals surface area contributed by atoms with Crippen LogP contribution < -0.4 is 0 Å². The Labute approximate surface area is 159 Å². The van der Waals surface area contributed by atoms with Crippen LogP contribution in [0, 0.1) is 0 Å². The quantitative estimate of drug-likeness (QED) is 0.286. The predicted octanol–water partition coefficient (Wildman–Crippen LogP) is 3.35. The largest absolute Gasteiger partial charge is 0.394 e. The van der Waals surface area contributed by atoms with Crippen molar-refractivity contribution in [1.82, 2.24) is 0 Å². The van der Waals surface area contributed by atoms with E-state index < -0.39 is 24.4 Å². The minimum absolute atomic E-state index is 0.0984. The van der Waals surface area contributed by atoms with E-state index in [4.69, 9.17) is 14.6 Å². The maximum Gasteiger partial charge on any atom is 0.114 e. The van der Waals surface area contributed by atoms with Gasteiger partial charge in [0.25, 0.3) is 0 Å². The topological polar surface area (TPSA) is 79.2 Å². The summed E-state index contributed by atoms with van der Waals surface area (Å²) >= 11 is 0. The maximum atomic E-state index is 10.0. The molecule has 0 aromatic rings. The van der Waals surface area contributed by atoms with Crippen LogP contribution in [-0.4, -0.2) is 59.6 Å². The maximum absolute atomic E-state index is 10.0. The highest BCUT2D eigenvalue weighted by Crippen LogP contribution is 2.19. The first kappa shape index (κ1) is 23.6. The van der Waals surface area contributed by atoms with Crippen molar-refractivity contribution in [1.29, 1.82) is 0 Å². The molecule has 0 aromatic carbocycles. The summed E-state index contributed by atoms with van der Waals surface area (Å²) in [6.45, 7) is 4.11. The Hall–Kier alpha value is -0.460. The van der Waals surface area contributed by atoms with E-state index in [0.717, 1.165) is 19.3 Å². The number of ether oxygens (including phenoxy) is 2. The van der Waals surface area contributed by atoms with Gasteiger partial charge in [-0.15, -0.1) is 6.58 Å². The number of rotatable bonds is 16. The van der Waals surface area contributed by atoms with E-state index >= 15 is 0 Å². The minimum atomic E-state index is -0.972. The molecule has 1 rings (SSSR count). The van der Waals surface area contributed by atoms with E-state index in [2.05, 4.69) is 6.58 Å². The van der Waals surface area contributed by atoms with Crippen LogP contribution in [-0.2, 0) is 9.47 Å². The van der Waals surface area contributed by atoms with Crippen molar-refractivity contribution in [3.05, 3.63) is 12.7 Å². The van der Waals surface area contributed by atoms with Gasteiger partial charge in [-0.05, 0) is 19.3 Å². The lowest BCUT2D eigenvalue weighted by Gasteiger charge is -2.37. The second kappa shape index (κ2) is 15.6. The van der Waals surface area contributed by atoms with Crippen LogP contribution in [0.3, 0.4) is 0 Å². The zero-order chi connectivity index (χ0) is 19.0. The van der Waals surface area contributed by atoms with Crippen LogP contribution in [0.25, 0.3) is 0 Å². The molecule has 5 heteroatoms. The summed E-state index contributed by atoms with van der Waals surface area (Å²) in [5.41, 5.74) is 0. The van der Waals surface area contributed by atoms with Crippen molar-refractivity contribution in [3.8, 4) is 0 Å². The Balaban J connectivity index is 1.89.